The number of rotatable bonds is 3. The van der Waals surface area contributed by atoms with Gasteiger partial charge < -0.3 is 15.4 Å². The van der Waals surface area contributed by atoms with Gasteiger partial charge in [0.05, 0.1) is 24.8 Å². The number of fused-ring (bicyclic) bond motifs is 1. The molecular weight excluding hydrogens is 216 g/mol. The van der Waals surface area contributed by atoms with Gasteiger partial charge in [-0.3, -0.25) is 4.79 Å². The van der Waals surface area contributed by atoms with Crippen LogP contribution in [0.4, 0.5) is 0 Å². The average molecular weight is 240 g/mol. The molecule has 0 aromatic carbocycles. The highest BCUT2D eigenvalue weighted by Gasteiger charge is 2.39. The molecule has 17 heavy (non-hydrogen) atoms. The summed E-state index contributed by atoms with van der Waals surface area (Å²) in [4.78, 5) is 14.3. The standard InChI is InChI=1S/C13H24N2O2/c1-9(2)8-10(14)13(16)15-6-7-17-12-5-3-4-11(12)15/h9-12H,3-8,14H2,1-2H3/t10-,11?,12?/m1/s1. The van der Waals surface area contributed by atoms with E-state index in [4.69, 9.17) is 10.5 Å². The molecule has 0 aromatic heterocycles. The number of carbonyl (C=O) groups excluding carboxylic acids is 1. The Morgan fingerprint density at radius 1 is 1.47 bits per heavy atom. The molecule has 1 aliphatic heterocycles. The molecule has 0 aromatic rings. The lowest BCUT2D eigenvalue weighted by Crippen LogP contribution is -2.55. The van der Waals surface area contributed by atoms with E-state index < -0.39 is 0 Å². The topological polar surface area (TPSA) is 55.6 Å². The first-order valence-corrected chi connectivity index (χ1v) is 6.77. The summed E-state index contributed by atoms with van der Waals surface area (Å²) in [6.07, 6.45) is 4.36. The second-order valence-corrected chi connectivity index (χ2v) is 5.68. The normalized spacial score (nSPS) is 30.5. The van der Waals surface area contributed by atoms with Crippen LogP contribution in [0.2, 0.25) is 0 Å². The van der Waals surface area contributed by atoms with Gasteiger partial charge in [0.25, 0.3) is 0 Å². The number of amides is 1. The van der Waals surface area contributed by atoms with Crippen molar-refractivity contribution in [3.63, 3.8) is 0 Å². The predicted octanol–water partition coefficient (Wildman–Crippen LogP) is 1.14. The van der Waals surface area contributed by atoms with E-state index in [9.17, 15) is 4.79 Å². The Labute approximate surface area is 103 Å². The summed E-state index contributed by atoms with van der Waals surface area (Å²) in [7, 11) is 0. The number of morpholine rings is 1. The van der Waals surface area contributed by atoms with Gasteiger partial charge in [-0.2, -0.15) is 0 Å². The van der Waals surface area contributed by atoms with Gasteiger partial charge in [-0.1, -0.05) is 13.8 Å². The first-order valence-electron chi connectivity index (χ1n) is 6.77. The maximum atomic E-state index is 12.3. The van der Waals surface area contributed by atoms with Gasteiger partial charge in [-0.05, 0) is 31.6 Å². The Kier molecular flexibility index (Phi) is 4.05. The fourth-order valence-corrected chi connectivity index (χ4v) is 3.02. The van der Waals surface area contributed by atoms with E-state index in [2.05, 4.69) is 13.8 Å². The molecule has 2 N–H and O–H groups in total. The summed E-state index contributed by atoms with van der Waals surface area (Å²) in [5.74, 6) is 0.591. The van der Waals surface area contributed by atoms with Gasteiger partial charge in [0.15, 0.2) is 0 Å². The highest BCUT2D eigenvalue weighted by atomic mass is 16.5. The van der Waals surface area contributed by atoms with Crippen molar-refractivity contribution in [2.75, 3.05) is 13.2 Å². The molecule has 98 valence electrons. The van der Waals surface area contributed by atoms with Crippen LogP contribution < -0.4 is 5.73 Å². The second-order valence-electron chi connectivity index (χ2n) is 5.68. The lowest BCUT2D eigenvalue weighted by atomic mass is 10.0. The van der Waals surface area contributed by atoms with Crippen molar-refractivity contribution in [1.29, 1.82) is 0 Å². The average Bonchev–Trinajstić information content (AvgIpc) is 2.74. The third kappa shape index (κ3) is 2.80. The van der Waals surface area contributed by atoms with Crippen molar-refractivity contribution in [3.8, 4) is 0 Å². The van der Waals surface area contributed by atoms with Crippen molar-refractivity contribution in [3.05, 3.63) is 0 Å². The third-order valence-corrected chi connectivity index (χ3v) is 3.81. The minimum absolute atomic E-state index is 0.124. The molecule has 0 bridgehead atoms. The van der Waals surface area contributed by atoms with Crippen LogP contribution in [0.1, 0.15) is 39.5 Å². The van der Waals surface area contributed by atoms with Gasteiger partial charge in [0, 0.05) is 6.54 Å². The molecule has 1 heterocycles. The van der Waals surface area contributed by atoms with Crippen LogP contribution in [0.15, 0.2) is 0 Å². The summed E-state index contributed by atoms with van der Waals surface area (Å²) in [5.41, 5.74) is 6.00. The van der Waals surface area contributed by atoms with Crippen LogP contribution in [0, 0.1) is 5.92 Å². The Balaban J connectivity index is 1.98. The lowest BCUT2D eigenvalue weighted by molar-refractivity contribution is -0.145. The Hall–Kier alpha value is -0.610. The fourth-order valence-electron chi connectivity index (χ4n) is 3.02. The molecule has 0 radical (unpaired) electrons. The number of hydrogen-bond donors (Lipinski definition) is 1. The molecule has 1 saturated carbocycles. The van der Waals surface area contributed by atoms with E-state index in [1.165, 1.54) is 6.42 Å². The second kappa shape index (κ2) is 5.36. The van der Waals surface area contributed by atoms with Gasteiger partial charge in [0.2, 0.25) is 5.91 Å². The van der Waals surface area contributed by atoms with Crippen molar-refractivity contribution in [2.24, 2.45) is 11.7 Å². The first-order chi connectivity index (χ1) is 8.09. The highest BCUT2D eigenvalue weighted by molar-refractivity contribution is 5.82. The minimum Gasteiger partial charge on any atom is -0.374 e. The van der Waals surface area contributed by atoms with E-state index in [1.807, 2.05) is 4.90 Å². The van der Waals surface area contributed by atoms with Crippen LogP contribution in [0.25, 0.3) is 0 Å². The molecule has 0 spiro atoms. The van der Waals surface area contributed by atoms with E-state index in [0.29, 0.717) is 19.1 Å². The molecule has 2 rings (SSSR count). The van der Waals surface area contributed by atoms with Gasteiger partial charge >= 0.3 is 0 Å². The smallest absolute Gasteiger partial charge is 0.239 e. The van der Waals surface area contributed by atoms with Crippen molar-refractivity contribution in [1.82, 2.24) is 4.90 Å². The first kappa shape index (κ1) is 12.8. The Morgan fingerprint density at radius 2 is 2.24 bits per heavy atom. The van der Waals surface area contributed by atoms with Gasteiger partial charge in [-0.15, -0.1) is 0 Å². The predicted molar refractivity (Wildman–Crippen MR) is 66.5 cm³/mol. The zero-order valence-electron chi connectivity index (χ0n) is 10.9. The molecule has 4 nitrogen and oxygen atoms in total. The highest BCUT2D eigenvalue weighted by Crippen LogP contribution is 2.30. The molecule has 1 saturated heterocycles. The summed E-state index contributed by atoms with van der Waals surface area (Å²) >= 11 is 0. The van der Waals surface area contributed by atoms with Gasteiger partial charge in [0.1, 0.15) is 0 Å². The zero-order valence-corrected chi connectivity index (χ0v) is 10.9. The molecule has 4 heteroatoms. The molecule has 3 atom stereocenters. The summed E-state index contributed by atoms with van der Waals surface area (Å²) < 4.78 is 5.71. The largest absolute Gasteiger partial charge is 0.374 e. The Bertz CT molecular complexity index is 281. The lowest BCUT2D eigenvalue weighted by Gasteiger charge is -2.39. The molecule has 1 amide bonds. The van der Waals surface area contributed by atoms with E-state index in [1.54, 1.807) is 0 Å². The van der Waals surface area contributed by atoms with Crippen molar-refractivity contribution < 1.29 is 9.53 Å². The molecule has 2 fully saturated rings. The summed E-state index contributed by atoms with van der Waals surface area (Å²) in [6.45, 7) is 5.59. The SMILES string of the molecule is CC(C)C[C@@H](N)C(=O)N1CCOC2CCCC21. The summed E-state index contributed by atoms with van der Waals surface area (Å²) in [6, 6.07) is -0.0520. The molecule has 2 aliphatic rings. The zero-order chi connectivity index (χ0) is 12.4. The van der Waals surface area contributed by atoms with Crippen molar-refractivity contribution in [2.45, 2.75) is 57.7 Å². The van der Waals surface area contributed by atoms with Crippen LogP contribution in [0.3, 0.4) is 0 Å². The maximum absolute atomic E-state index is 12.3. The molecule has 1 aliphatic carbocycles. The van der Waals surface area contributed by atoms with Gasteiger partial charge in [-0.25, -0.2) is 0 Å². The van der Waals surface area contributed by atoms with E-state index >= 15 is 0 Å². The van der Waals surface area contributed by atoms with Crippen molar-refractivity contribution >= 4 is 5.91 Å². The van der Waals surface area contributed by atoms with Crippen LogP contribution in [-0.2, 0) is 9.53 Å². The van der Waals surface area contributed by atoms with E-state index in [-0.39, 0.29) is 24.1 Å². The number of carbonyl (C=O) groups is 1. The third-order valence-electron chi connectivity index (χ3n) is 3.81. The minimum atomic E-state index is -0.339. The van der Waals surface area contributed by atoms with E-state index in [0.717, 1.165) is 19.3 Å². The fraction of sp³-hybridized carbons (Fsp3) is 0.923. The van der Waals surface area contributed by atoms with Crippen LogP contribution in [-0.4, -0.2) is 42.1 Å². The Morgan fingerprint density at radius 3 is 2.94 bits per heavy atom. The van der Waals surface area contributed by atoms with Crippen LogP contribution >= 0.6 is 0 Å². The number of hydrogen-bond acceptors (Lipinski definition) is 3. The number of nitrogens with two attached hydrogens (primary N) is 1. The molecule has 2 unspecified atom stereocenters. The summed E-state index contributed by atoms with van der Waals surface area (Å²) in [5, 5.41) is 0. The quantitative estimate of drug-likeness (QED) is 0.805. The molecular formula is C13H24N2O2. The maximum Gasteiger partial charge on any atom is 0.239 e. The number of ether oxygens (including phenoxy) is 1. The monoisotopic (exact) mass is 240 g/mol. The van der Waals surface area contributed by atoms with Crippen LogP contribution in [0.5, 0.6) is 0 Å². The number of nitrogens with zero attached hydrogens (tertiary/aromatic N) is 1.